The number of carbonyl (C=O) groups is 1. The number of nitrogens with zero attached hydrogens (tertiary/aromatic N) is 1. The monoisotopic (exact) mass is 491 g/mol. The van der Waals surface area contributed by atoms with Crippen LogP contribution in [-0.4, -0.2) is 69.3 Å². The standard InChI is InChI=1S/C25H43F2NO6/c1-5-9-12-30-18-21-23(33-14-11-7-3)20(32-13-10-6-2)15-22(34-21)25(26,27)16-19(17-28)24(29)31-8-4/h19-23H,5-16,18H2,1-4H3/t19?,20-,21-,22-,23-/m1/s1. The molecule has 1 rings (SSSR count). The zero-order valence-corrected chi connectivity index (χ0v) is 21.2. The number of alkyl halides is 2. The van der Waals surface area contributed by atoms with E-state index in [0.717, 1.165) is 38.5 Å². The maximum absolute atomic E-state index is 15.3. The maximum Gasteiger partial charge on any atom is 0.323 e. The lowest BCUT2D eigenvalue weighted by atomic mass is 9.90. The molecule has 1 saturated heterocycles. The number of unbranched alkanes of at least 4 members (excludes halogenated alkanes) is 3. The Morgan fingerprint density at radius 2 is 1.68 bits per heavy atom. The first-order chi connectivity index (χ1) is 16.3. The Kier molecular flexibility index (Phi) is 15.5. The normalized spacial score (nSPS) is 23.9. The highest BCUT2D eigenvalue weighted by atomic mass is 19.3. The van der Waals surface area contributed by atoms with E-state index in [-0.39, 0.29) is 19.6 Å². The van der Waals surface area contributed by atoms with Crippen LogP contribution in [0.3, 0.4) is 0 Å². The second kappa shape index (κ2) is 17.1. The summed E-state index contributed by atoms with van der Waals surface area (Å²) in [6.45, 7) is 9.22. The van der Waals surface area contributed by atoms with Crippen molar-refractivity contribution in [3.8, 4) is 6.07 Å². The van der Waals surface area contributed by atoms with Crippen LogP contribution in [0.25, 0.3) is 0 Å². The lowest BCUT2D eigenvalue weighted by Gasteiger charge is -2.43. The number of nitriles is 1. The Labute approximate surface area is 203 Å². The summed E-state index contributed by atoms with van der Waals surface area (Å²) >= 11 is 0. The predicted octanol–water partition coefficient (Wildman–Crippen LogP) is 5.06. The summed E-state index contributed by atoms with van der Waals surface area (Å²) in [5.74, 6) is -5.96. The molecule has 0 radical (unpaired) electrons. The summed E-state index contributed by atoms with van der Waals surface area (Å²) in [7, 11) is 0. The van der Waals surface area contributed by atoms with Crippen LogP contribution in [0.15, 0.2) is 0 Å². The van der Waals surface area contributed by atoms with E-state index in [9.17, 15) is 10.1 Å². The quantitative estimate of drug-likeness (QED) is 0.196. The van der Waals surface area contributed by atoms with Crippen LogP contribution in [0.1, 0.15) is 79.1 Å². The zero-order chi connectivity index (χ0) is 25.4. The largest absolute Gasteiger partial charge is 0.465 e. The van der Waals surface area contributed by atoms with Crippen molar-refractivity contribution in [2.45, 2.75) is 109 Å². The highest BCUT2D eigenvalue weighted by Gasteiger charge is 2.52. The van der Waals surface area contributed by atoms with Crippen molar-refractivity contribution in [3.05, 3.63) is 0 Å². The van der Waals surface area contributed by atoms with Crippen molar-refractivity contribution >= 4 is 5.97 Å². The second-order valence-corrected chi connectivity index (χ2v) is 8.68. The van der Waals surface area contributed by atoms with Crippen LogP contribution in [-0.2, 0) is 28.5 Å². The number of hydrogen-bond donors (Lipinski definition) is 0. The number of carbonyl (C=O) groups excluding carboxylic acids is 1. The van der Waals surface area contributed by atoms with Gasteiger partial charge >= 0.3 is 5.97 Å². The first-order valence-electron chi connectivity index (χ1n) is 12.7. The van der Waals surface area contributed by atoms with Gasteiger partial charge in [-0.15, -0.1) is 0 Å². The van der Waals surface area contributed by atoms with Gasteiger partial charge in [0.15, 0.2) is 0 Å². The van der Waals surface area contributed by atoms with Gasteiger partial charge in [0.25, 0.3) is 5.92 Å². The van der Waals surface area contributed by atoms with Gasteiger partial charge in [0.05, 0.1) is 25.4 Å². The van der Waals surface area contributed by atoms with Gasteiger partial charge in [-0.2, -0.15) is 5.26 Å². The fraction of sp³-hybridized carbons (Fsp3) is 0.920. The van der Waals surface area contributed by atoms with E-state index in [1.54, 1.807) is 13.0 Å². The fourth-order valence-electron chi connectivity index (χ4n) is 3.73. The third-order valence-electron chi connectivity index (χ3n) is 5.75. The molecule has 0 aliphatic carbocycles. The average molecular weight is 492 g/mol. The smallest absolute Gasteiger partial charge is 0.323 e. The second-order valence-electron chi connectivity index (χ2n) is 8.68. The molecule has 1 unspecified atom stereocenters. The lowest BCUT2D eigenvalue weighted by Crippen LogP contribution is -2.57. The van der Waals surface area contributed by atoms with E-state index in [1.807, 2.05) is 20.8 Å². The SMILES string of the molecule is CCCCOC[C@H]1O[C@@H](C(F)(F)CC(C#N)C(=O)OCC)C[C@@H](OCCCC)[C@H]1OCCCC. The van der Waals surface area contributed by atoms with Gasteiger partial charge in [-0.3, -0.25) is 4.79 Å². The van der Waals surface area contributed by atoms with E-state index in [4.69, 9.17) is 23.7 Å². The Morgan fingerprint density at radius 3 is 2.26 bits per heavy atom. The van der Waals surface area contributed by atoms with Crippen molar-refractivity contribution in [3.63, 3.8) is 0 Å². The highest BCUT2D eigenvalue weighted by Crippen LogP contribution is 2.38. The van der Waals surface area contributed by atoms with Gasteiger partial charge < -0.3 is 23.7 Å². The first kappa shape index (κ1) is 30.7. The summed E-state index contributed by atoms with van der Waals surface area (Å²) in [6, 6.07) is 1.65. The van der Waals surface area contributed by atoms with Crippen molar-refractivity contribution < 1.29 is 37.3 Å². The number of halogens is 2. The predicted molar refractivity (Wildman–Crippen MR) is 124 cm³/mol. The summed E-state index contributed by atoms with van der Waals surface area (Å²) in [4.78, 5) is 12.0. The molecule has 34 heavy (non-hydrogen) atoms. The van der Waals surface area contributed by atoms with Gasteiger partial charge in [-0.1, -0.05) is 40.0 Å². The molecule has 1 fully saturated rings. The molecule has 7 nitrogen and oxygen atoms in total. The minimum Gasteiger partial charge on any atom is -0.465 e. The molecule has 1 aliphatic heterocycles. The lowest BCUT2D eigenvalue weighted by molar-refractivity contribution is -0.260. The summed E-state index contributed by atoms with van der Waals surface area (Å²) in [6.07, 6.45) is 0.824. The number of rotatable bonds is 18. The fourth-order valence-corrected chi connectivity index (χ4v) is 3.73. The summed E-state index contributed by atoms with van der Waals surface area (Å²) in [5, 5.41) is 9.27. The molecule has 0 aromatic heterocycles. The average Bonchev–Trinajstić information content (AvgIpc) is 2.81. The van der Waals surface area contributed by atoms with E-state index < -0.39 is 48.6 Å². The minimum absolute atomic E-state index is 0.0177. The highest BCUT2D eigenvalue weighted by molar-refractivity contribution is 5.75. The molecule has 0 N–H and O–H groups in total. The van der Waals surface area contributed by atoms with Crippen LogP contribution < -0.4 is 0 Å². The van der Waals surface area contributed by atoms with E-state index in [1.165, 1.54) is 0 Å². The molecule has 0 saturated carbocycles. The molecule has 1 aliphatic rings. The number of hydrogen-bond acceptors (Lipinski definition) is 7. The molecule has 0 bridgehead atoms. The first-order valence-corrected chi connectivity index (χ1v) is 12.7. The molecular weight excluding hydrogens is 448 g/mol. The topological polar surface area (TPSA) is 87.0 Å². The Balaban J connectivity index is 3.06. The molecule has 9 heteroatoms. The summed E-state index contributed by atoms with van der Waals surface area (Å²) in [5.41, 5.74) is 0. The third kappa shape index (κ3) is 10.5. The minimum atomic E-state index is -3.43. The van der Waals surface area contributed by atoms with Crippen molar-refractivity contribution in [1.29, 1.82) is 5.26 Å². The van der Waals surface area contributed by atoms with Gasteiger partial charge in [0, 0.05) is 32.7 Å². The summed E-state index contributed by atoms with van der Waals surface area (Å²) < 4.78 is 59.1. The van der Waals surface area contributed by atoms with Crippen molar-refractivity contribution in [2.75, 3.05) is 33.0 Å². The maximum atomic E-state index is 15.3. The van der Waals surface area contributed by atoms with E-state index in [2.05, 4.69) is 0 Å². The van der Waals surface area contributed by atoms with E-state index >= 15 is 8.78 Å². The number of esters is 1. The van der Waals surface area contributed by atoms with Crippen molar-refractivity contribution in [2.24, 2.45) is 5.92 Å². The van der Waals surface area contributed by atoms with Crippen LogP contribution >= 0.6 is 0 Å². The molecular formula is C25H43F2NO6. The molecule has 5 atom stereocenters. The van der Waals surface area contributed by atoms with Crippen LogP contribution in [0.2, 0.25) is 0 Å². The molecule has 0 aromatic carbocycles. The molecule has 0 aromatic rings. The van der Waals surface area contributed by atoms with Gasteiger partial charge in [0.2, 0.25) is 0 Å². The van der Waals surface area contributed by atoms with Crippen molar-refractivity contribution in [1.82, 2.24) is 0 Å². The number of ether oxygens (including phenoxy) is 5. The molecule has 0 spiro atoms. The molecule has 198 valence electrons. The Bertz CT molecular complexity index is 600. The van der Waals surface area contributed by atoms with Crippen LogP contribution in [0, 0.1) is 17.2 Å². The Hall–Kier alpha value is -1.34. The van der Waals surface area contributed by atoms with Gasteiger partial charge in [0.1, 0.15) is 24.2 Å². The Morgan fingerprint density at radius 1 is 1.06 bits per heavy atom. The van der Waals surface area contributed by atoms with Gasteiger partial charge in [-0.05, 0) is 26.2 Å². The van der Waals surface area contributed by atoms with Crippen LogP contribution in [0.4, 0.5) is 8.78 Å². The van der Waals surface area contributed by atoms with Crippen LogP contribution in [0.5, 0.6) is 0 Å². The van der Waals surface area contributed by atoms with E-state index in [0.29, 0.717) is 19.8 Å². The van der Waals surface area contributed by atoms with Gasteiger partial charge in [-0.25, -0.2) is 8.78 Å². The molecule has 0 amide bonds. The third-order valence-corrected chi connectivity index (χ3v) is 5.75. The zero-order valence-electron chi connectivity index (χ0n) is 21.2. The molecule has 1 heterocycles.